The largest absolute Gasteiger partial charge is 0.395 e. The SMILES string of the molecule is N#Cc1cc(Br)cc(N(CCO)CC2CCCN2)c1. The van der Waals surface area contributed by atoms with Crippen molar-refractivity contribution in [1.29, 1.82) is 5.26 Å². The van der Waals surface area contributed by atoms with Crippen LogP contribution in [0.4, 0.5) is 5.69 Å². The maximum Gasteiger partial charge on any atom is 0.0992 e. The molecule has 0 aromatic heterocycles. The summed E-state index contributed by atoms with van der Waals surface area (Å²) in [6.07, 6.45) is 2.38. The lowest BCUT2D eigenvalue weighted by Gasteiger charge is -2.27. The molecule has 1 aliphatic heterocycles. The number of aliphatic hydroxyl groups is 1. The Morgan fingerprint density at radius 2 is 2.32 bits per heavy atom. The van der Waals surface area contributed by atoms with Gasteiger partial charge in [0.15, 0.2) is 0 Å². The van der Waals surface area contributed by atoms with E-state index in [1.54, 1.807) is 6.07 Å². The highest BCUT2D eigenvalue weighted by Crippen LogP contribution is 2.23. The summed E-state index contributed by atoms with van der Waals surface area (Å²) in [5.74, 6) is 0. The zero-order valence-electron chi connectivity index (χ0n) is 10.8. The summed E-state index contributed by atoms with van der Waals surface area (Å²) in [6.45, 7) is 2.63. The summed E-state index contributed by atoms with van der Waals surface area (Å²) in [4.78, 5) is 2.13. The van der Waals surface area contributed by atoms with E-state index < -0.39 is 0 Å². The summed E-state index contributed by atoms with van der Waals surface area (Å²) in [5, 5.41) is 21.7. The number of benzene rings is 1. The Bertz CT molecular complexity index is 466. The van der Waals surface area contributed by atoms with E-state index >= 15 is 0 Å². The van der Waals surface area contributed by atoms with Gasteiger partial charge in [-0.25, -0.2) is 0 Å². The van der Waals surface area contributed by atoms with Gasteiger partial charge in [-0.2, -0.15) is 5.26 Å². The number of nitriles is 1. The van der Waals surface area contributed by atoms with Crippen molar-refractivity contribution in [2.24, 2.45) is 0 Å². The van der Waals surface area contributed by atoms with E-state index in [4.69, 9.17) is 5.26 Å². The number of nitrogens with zero attached hydrogens (tertiary/aromatic N) is 2. The van der Waals surface area contributed by atoms with E-state index in [-0.39, 0.29) is 6.61 Å². The average molecular weight is 324 g/mol. The molecular weight excluding hydrogens is 306 g/mol. The van der Waals surface area contributed by atoms with Crippen LogP contribution in [-0.2, 0) is 0 Å². The van der Waals surface area contributed by atoms with Gasteiger partial charge in [0, 0.05) is 29.3 Å². The number of nitrogens with one attached hydrogen (secondary N) is 1. The van der Waals surface area contributed by atoms with Crippen molar-refractivity contribution in [2.45, 2.75) is 18.9 Å². The third-order valence-electron chi connectivity index (χ3n) is 3.35. The van der Waals surface area contributed by atoms with Crippen LogP contribution < -0.4 is 10.2 Å². The van der Waals surface area contributed by atoms with Crippen molar-refractivity contribution >= 4 is 21.6 Å². The number of rotatable bonds is 5. The summed E-state index contributed by atoms with van der Waals surface area (Å²) in [7, 11) is 0. The highest BCUT2D eigenvalue weighted by Gasteiger charge is 2.18. The molecule has 102 valence electrons. The van der Waals surface area contributed by atoms with Crippen molar-refractivity contribution in [1.82, 2.24) is 5.32 Å². The molecule has 1 aromatic carbocycles. The minimum Gasteiger partial charge on any atom is -0.395 e. The lowest BCUT2D eigenvalue weighted by atomic mass is 10.1. The van der Waals surface area contributed by atoms with Gasteiger partial charge in [0.1, 0.15) is 0 Å². The summed E-state index contributed by atoms with van der Waals surface area (Å²) in [5.41, 5.74) is 1.61. The molecule has 5 heteroatoms. The number of halogens is 1. The standard InChI is InChI=1S/C14H18BrN3O/c15-12-6-11(9-16)7-14(8-12)18(4-5-19)10-13-2-1-3-17-13/h6-8,13,17,19H,1-5,10H2. The van der Waals surface area contributed by atoms with Crippen LogP contribution in [0.5, 0.6) is 0 Å². The molecule has 1 atom stereocenters. The van der Waals surface area contributed by atoms with E-state index in [1.807, 2.05) is 12.1 Å². The Labute approximate surface area is 122 Å². The number of aliphatic hydroxyl groups excluding tert-OH is 1. The highest BCUT2D eigenvalue weighted by atomic mass is 79.9. The molecule has 2 rings (SSSR count). The monoisotopic (exact) mass is 323 g/mol. The number of anilines is 1. The predicted octanol–water partition coefficient (Wildman–Crippen LogP) is 1.87. The van der Waals surface area contributed by atoms with Crippen LogP contribution in [0, 0.1) is 11.3 Å². The van der Waals surface area contributed by atoms with E-state index in [1.165, 1.54) is 12.8 Å². The van der Waals surface area contributed by atoms with Crippen LogP contribution in [0.1, 0.15) is 18.4 Å². The van der Waals surface area contributed by atoms with Crippen molar-refractivity contribution < 1.29 is 5.11 Å². The molecule has 1 aromatic rings. The van der Waals surface area contributed by atoms with Crippen molar-refractivity contribution in [3.8, 4) is 6.07 Å². The van der Waals surface area contributed by atoms with Crippen LogP contribution in [0.3, 0.4) is 0 Å². The highest BCUT2D eigenvalue weighted by molar-refractivity contribution is 9.10. The van der Waals surface area contributed by atoms with E-state index in [2.05, 4.69) is 32.2 Å². The molecule has 1 saturated heterocycles. The Kier molecular flexibility index (Phi) is 5.20. The van der Waals surface area contributed by atoms with E-state index in [0.29, 0.717) is 18.2 Å². The van der Waals surface area contributed by atoms with Crippen LogP contribution in [0.15, 0.2) is 22.7 Å². The summed E-state index contributed by atoms with van der Waals surface area (Å²) in [6, 6.07) is 8.29. The van der Waals surface area contributed by atoms with Gasteiger partial charge in [-0.15, -0.1) is 0 Å². The maximum absolute atomic E-state index is 9.23. The summed E-state index contributed by atoms with van der Waals surface area (Å²) < 4.78 is 0.892. The average Bonchev–Trinajstić information content (AvgIpc) is 2.90. The molecule has 0 saturated carbocycles. The molecule has 19 heavy (non-hydrogen) atoms. The Hall–Kier alpha value is -1.09. The van der Waals surface area contributed by atoms with Gasteiger partial charge >= 0.3 is 0 Å². The fourth-order valence-corrected chi connectivity index (χ4v) is 2.93. The smallest absolute Gasteiger partial charge is 0.0992 e. The fraction of sp³-hybridized carbons (Fsp3) is 0.500. The molecular formula is C14H18BrN3O. The minimum absolute atomic E-state index is 0.112. The zero-order chi connectivity index (χ0) is 13.7. The van der Waals surface area contributed by atoms with Gasteiger partial charge in [-0.1, -0.05) is 15.9 Å². The van der Waals surface area contributed by atoms with Gasteiger partial charge < -0.3 is 15.3 Å². The van der Waals surface area contributed by atoms with E-state index in [0.717, 1.165) is 23.2 Å². The van der Waals surface area contributed by atoms with Gasteiger partial charge in [-0.05, 0) is 37.6 Å². The Balaban J connectivity index is 2.17. The zero-order valence-corrected chi connectivity index (χ0v) is 12.4. The molecule has 0 spiro atoms. The Morgan fingerprint density at radius 3 is 2.95 bits per heavy atom. The second-order valence-corrected chi connectivity index (χ2v) is 5.69. The first-order chi connectivity index (χ1) is 9.22. The lowest BCUT2D eigenvalue weighted by Crippen LogP contribution is -2.39. The minimum atomic E-state index is 0.112. The topological polar surface area (TPSA) is 59.3 Å². The molecule has 0 radical (unpaired) electrons. The van der Waals surface area contributed by atoms with Gasteiger partial charge in [0.2, 0.25) is 0 Å². The predicted molar refractivity (Wildman–Crippen MR) is 79.2 cm³/mol. The summed E-state index contributed by atoms with van der Waals surface area (Å²) >= 11 is 3.43. The Morgan fingerprint density at radius 1 is 1.47 bits per heavy atom. The third kappa shape index (κ3) is 3.93. The molecule has 4 nitrogen and oxygen atoms in total. The van der Waals surface area contributed by atoms with Crippen molar-refractivity contribution in [3.05, 3.63) is 28.2 Å². The van der Waals surface area contributed by atoms with Gasteiger partial charge in [0.25, 0.3) is 0 Å². The van der Waals surface area contributed by atoms with Gasteiger partial charge in [0.05, 0.1) is 18.2 Å². The third-order valence-corrected chi connectivity index (χ3v) is 3.81. The van der Waals surface area contributed by atoms with Crippen molar-refractivity contribution in [3.63, 3.8) is 0 Å². The quantitative estimate of drug-likeness (QED) is 0.868. The second-order valence-electron chi connectivity index (χ2n) is 4.77. The normalized spacial score (nSPS) is 18.3. The second kappa shape index (κ2) is 6.90. The first-order valence-corrected chi connectivity index (χ1v) is 7.32. The molecule has 1 heterocycles. The van der Waals surface area contributed by atoms with Crippen LogP contribution >= 0.6 is 15.9 Å². The number of hydrogen-bond donors (Lipinski definition) is 2. The van der Waals surface area contributed by atoms with E-state index in [9.17, 15) is 5.11 Å². The first-order valence-electron chi connectivity index (χ1n) is 6.53. The van der Waals surface area contributed by atoms with Crippen LogP contribution in [0.2, 0.25) is 0 Å². The van der Waals surface area contributed by atoms with Crippen LogP contribution in [-0.4, -0.2) is 37.4 Å². The van der Waals surface area contributed by atoms with Gasteiger partial charge in [-0.3, -0.25) is 0 Å². The molecule has 0 aliphatic carbocycles. The molecule has 0 amide bonds. The van der Waals surface area contributed by atoms with Crippen molar-refractivity contribution in [2.75, 3.05) is 31.1 Å². The van der Waals surface area contributed by atoms with Crippen LogP contribution in [0.25, 0.3) is 0 Å². The first kappa shape index (κ1) is 14.3. The molecule has 0 bridgehead atoms. The fourth-order valence-electron chi connectivity index (χ4n) is 2.45. The lowest BCUT2D eigenvalue weighted by molar-refractivity contribution is 0.300. The maximum atomic E-state index is 9.23. The molecule has 2 N–H and O–H groups in total. The number of hydrogen-bond acceptors (Lipinski definition) is 4. The molecule has 1 fully saturated rings. The molecule has 1 unspecified atom stereocenters. The molecule has 1 aliphatic rings.